The highest BCUT2D eigenvalue weighted by Gasteiger charge is 2.15. The van der Waals surface area contributed by atoms with E-state index in [-0.39, 0.29) is 17.4 Å². The summed E-state index contributed by atoms with van der Waals surface area (Å²) in [5, 5.41) is 12.6. The number of carboxylic acid groups (broad SMARTS) is 1. The summed E-state index contributed by atoms with van der Waals surface area (Å²) in [5.74, 6) is -0.0390. The Bertz CT molecular complexity index is 606. The van der Waals surface area contributed by atoms with Gasteiger partial charge in [0.1, 0.15) is 5.75 Å². The van der Waals surface area contributed by atoms with Crippen LogP contribution in [0.25, 0.3) is 0 Å². The summed E-state index contributed by atoms with van der Waals surface area (Å²) in [6.07, 6.45) is -0.362. The lowest BCUT2D eigenvalue weighted by atomic mass is 10.2. The monoisotopic (exact) mass is 262 g/mol. The highest BCUT2D eigenvalue weighted by atomic mass is 16.5. The molecule has 1 heterocycles. The van der Waals surface area contributed by atoms with Crippen LogP contribution in [-0.2, 0) is 0 Å². The number of aromatic nitrogens is 1. The van der Waals surface area contributed by atoms with Crippen LogP contribution in [0, 0.1) is 6.92 Å². The second-order valence-electron chi connectivity index (χ2n) is 4.19. The molecule has 100 valence electrons. The highest BCUT2D eigenvalue weighted by Crippen LogP contribution is 2.28. The number of anilines is 1. The minimum atomic E-state index is -1.03. The standard InChI is InChI=1S/C13H14N2O4/c1-7-5-12(19-15-7)8(2)18-11-4-3-9(13(16)17)6-10(11)14/h3-6,8H,14H2,1-2H3,(H,16,17). The molecule has 6 nitrogen and oxygen atoms in total. The third kappa shape index (κ3) is 2.85. The van der Waals surface area contributed by atoms with Gasteiger partial charge >= 0.3 is 5.97 Å². The predicted octanol–water partition coefficient (Wildman–Crippen LogP) is 2.40. The Morgan fingerprint density at radius 3 is 2.74 bits per heavy atom. The van der Waals surface area contributed by atoms with Crippen LogP contribution in [-0.4, -0.2) is 16.2 Å². The minimum Gasteiger partial charge on any atom is -0.481 e. The number of hydrogen-bond acceptors (Lipinski definition) is 5. The molecule has 19 heavy (non-hydrogen) atoms. The van der Waals surface area contributed by atoms with Gasteiger partial charge < -0.3 is 20.1 Å². The van der Waals surface area contributed by atoms with Gasteiger partial charge in [0, 0.05) is 6.07 Å². The average Bonchev–Trinajstić information content (AvgIpc) is 2.78. The van der Waals surface area contributed by atoms with E-state index in [2.05, 4.69) is 5.16 Å². The largest absolute Gasteiger partial charge is 0.481 e. The Morgan fingerprint density at radius 2 is 2.21 bits per heavy atom. The zero-order valence-corrected chi connectivity index (χ0v) is 10.6. The summed E-state index contributed by atoms with van der Waals surface area (Å²) < 4.78 is 10.7. The number of carbonyl (C=O) groups is 1. The van der Waals surface area contributed by atoms with Gasteiger partial charge in [-0.3, -0.25) is 0 Å². The molecule has 1 atom stereocenters. The molecule has 0 saturated heterocycles. The number of hydrogen-bond donors (Lipinski definition) is 2. The van der Waals surface area contributed by atoms with Crippen molar-refractivity contribution in [1.82, 2.24) is 5.16 Å². The van der Waals surface area contributed by atoms with Gasteiger partial charge in [0.25, 0.3) is 0 Å². The van der Waals surface area contributed by atoms with Gasteiger partial charge in [-0.2, -0.15) is 0 Å². The highest BCUT2D eigenvalue weighted by molar-refractivity contribution is 5.89. The first-order valence-corrected chi connectivity index (χ1v) is 5.70. The molecule has 0 radical (unpaired) electrons. The van der Waals surface area contributed by atoms with Crippen molar-refractivity contribution in [2.45, 2.75) is 20.0 Å². The second kappa shape index (κ2) is 5.01. The van der Waals surface area contributed by atoms with Gasteiger partial charge in [-0.1, -0.05) is 5.16 Å². The van der Waals surface area contributed by atoms with Crippen LogP contribution in [0.2, 0.25) is 0 Å². The van der Waals surface area contributed by atoms with E-state index in [9.17, 15) is 4.79 Å². The summed E-state index contributed by atoms with van der Waals surface area (Å²) in [6.45, 7) is 3.61. The van der Waals surface area contributed by atoms with Crippen molar-refractivity contribution in [3.05, 3.63) is 41.3 Å². The fraction of sp³-hybridized carbons (Fsp3) is 0.231. The number of aryl methyl sites for hydroxylation is 1. The van der Waals surface area contributed by atoms with E-state index in [1.807, 2.05) is 6.92 Å². The quantitative estimate of drug-likeness (QED) is 0.821. The van der Waals surface area contributed by atoms with Gasteiger partial charge in [0.2, 0.25) is 0 Å². The van der Waals surface area contributed by atoms with Gasteiger partial charge in [0.15, 0.2) is 11.9 Å². The van der Waals surface area contributed by atoms with Crippen LogP contribution >= 0.6 is 0 Å². The lowest BCUT2D eigenvalue weighted by Gasteiger charge is -2.13. The van der Waals surface area contributed by atoms with Crippen LogP contribution in [0.1, 0.15) is 34.8 Å². The van der Waals surface area contributed by atoms with E-state index in [4.69, 9.17) is 20.1 Å². The molecule has 0 aliphatic carbocycles. The summed E-state index contributed by atoms with van der Waals surface area (Å²) in [7, 11) is 0. The topological polar surface area (TPSA) is 98.6 Å². The Morgan fingerprint density at radius 1 is 1.47 bits per heavy atom. The van der Waals surface area contributed by atoms with E-state index < -0.39 is 5.97 Å². The molecule has 6 heteroatoms. The molecule has 0 bridgehead atoms. The third-order valence-corrected chi connectivity index (χ3v) is 2.61. The molecule has 2 rings (SSSR count). The van der Waals surface area contributed by atoms with Crippen LogP contribution in [0.15, 0.2) is 28.8 Å². The summed E-state index contributed by atoms with van der Waals surface area (Å²) in [4.78, 5) is 10.8. The van der Waals surface area contributed by atoms with Gasteiger partial charge in [-0.05, 0) is 32.0 Å². The Labute approximate surface area is 109 Å². The first-order valence-electron chi connectivity index (χ1n) is 5.70. The zero-order valence-electron chi connectivity index (χ0n) is 10.6. The molecule has 2 aromatic rings. The third-order valence-electron chi connectivity index (χ3n) is 2.61. The van der Waals surface area contributed by atoms with Crippen LogP contribution in [0.4, 0.5) is 5.69 Å². The Kier molecular flexibility index (Phi) is 3.41. The maximum absolute atomic E-state index is 10.8. The average molecular weight is 262 g/mol. The van der Waals surface area contributed by atoms with Crippen molar-refractivity contribution >= 4 is 11.7 Å². The number of benzene rings is 1. The van der Waals surface area contributed by atoms with Crippen molar-refractivity contribution in [2.75, 3.05) is 5.73 Å². The molecule has 0 aliphatic rings. The lowest BCUT2D eigenvalue weighted by molar-refractivity contribution is 0.0697. The number of nitrogens with two attached hydrogens (primary N) is 1. The van der Waals surface area contributed by atoms with Crippen molar-refractivity contribution < 1.29 is 19.2 Å². The minimum absolute atomic E-state index is 0.119. The molecule has 1 aromatic heterocycles. The van der Waals surface area contributed by atoms with Crippen LogP contribution in [0.3, 0.4) is 0 Å². The molecule has 1 unspecified atom stereocenters. The van der Waals surface area contributed by atoms with Crippen LogP contribution < -0.4 is 10.5 Å². The van der Waals surface area contributed by atoms with E-state index >= 15 is 0 Å². The molecule has 3 N–H and O–H groups in total. The fourth-order valence-electron chi connectivity index (χ4n) is 1.61. The summed E-state index contributed by atoms with van der Waals surface area (Å²) >= 11 is 0. The first-order chi connectivity index (χ1) is 8.97. The van der Waals surface area contributed by atoms with Crippen molar-refractivity contribution in [2.24, 2.45) is 0 Å². The maximum Gasteiger partial charge on any atom is 0.335 e. The number of carboxylic acids is 1. The van der Waals surface area contributed by atoms with E-state index in [0.717, 1.165) is 5.69 Å². The molecule has 0 saturated carbocycles. The van der Waals surface area contributed by atoms with Crippen molar-refractivity contribution in [3.63, 3.8) is 0 Å². The molecule has 1 aromatic carbocycles. The fourth-order valence-corrected chi connectivity index (χ4v) is 1.61. The van der Waals surface area contributed by atoms with Gasteiger partial charge in [0.05, 0.1) is 16.9 Å². The summed E-state index contributed by atoms with van der Waals surface area (Å²) in [6, 6.07) is 6.09. The predicted molar refractivity (Wildman–Crippen MR) is 68.1 cm³/mol. The zero-order chi connectivity index (χ0) is 14.0. The van der Waals surface area contributed by atoms with Crippen molar-refractivity contribution in [3.8, 4) is 5.75 Å². The van der Waals surface area contributed by atoms with E-state index in [1.165, 1.54) is 18.2 Å². The molecular weight excluding hydrogens is 248 g/mol. The number of nitrogen functional groups attached to an aromatic ring is 1. The number of rotatable bonds is 4. The number of aromatic carboxylic acids is 1. The second-order valence-corrected chi connectivity index (χ2v) is 4.19. The van der Waals surface area contributed by atoms with Crippen LogP contribution in [0.5, 0.6) is 5.75 Å². The van der Waals surface area contributed by atoms with E-state index in [0.29, 0.717) is 11.5 Å². The number of nitrogens with zero attached hydrogens (tertiary/aromatic N) is 1. The number of ether oxygens (including phenoxy) is 1. The normalized spacial score (nSPS) is 12.1. The maximum atomic E-state index is 10.8. The van der Waals surface area contributed by atoms with Gasteiger partial charge in [-0.25, -0.2) is 4.79 Å². The van der Waals surface area contributed by atoms with E-state index in [1.54, 1.807) is 13.0 Å². The molecule has 0 spiro atoms. The molecule has 0 aliphatic heterocycles. The SMILES string of the molecule is Cc1cc(C(C)Oc2ccc(C(=O)O)cc2N)on1. The molecular formula is C13H14N2O4. The lowest BCUT2D eigenvalue weighted by Crippen LogP contribution is -2.05. The van der Waals surface area contributed by atoms with Gasteiger partial charge in [-0.15, -0.1) is 0 Å². The first kappa shape index (κ1) is 12.9. The summed E-state index contributed by atoms with van der Waals surface area (Å²) in [5.41, 5.74) is 6.90. The van der Waals surface area contributed by atoms with Crippen molar-refractivity contribution in [1.29, 1.82) is 0 Å². The Hall–Kier alpha value is -2.50. The smallest absolute Gasteiger partial charge is 0.335 e. The Balaban J connectivity index is 2.17. The molecule has 0 fully saturated rings. The molecule has 0 amide bonds.